The van der Waals surface area contributed by atoms with Crippen molar-refractivity contribution in [2.75, 3.05) is 20.6 Å². The number of fused-ring (bicyclic) bond motifs is 1. The Morgan fingerprint density at radius 3 is 2.40 bits per heavy atom. The number of Topliss-reactive ketones (excluding diaryl/α,β-unsaturated/α-hetero) is 1. The first kappa shape index (κ1) is 20.0. The molecule has 5 nitrogen and oxygen atoms in total. The lowest BCUT2D eigenvalue weighted by molar-refractivity contribution is 0.0959. The molecule has 150 valence electrons. The van der Waals surface area contributed by atoms with E-state index in [1.165, 1.54) is 0 Å². The zero-order valence-electron chi connectivity index (χ0n) is 16.7. The fourth-order valence-electron chi connectivity index (χ4n) is 3.42. The van der Waals surface area contributed by atoms with Crippen LogP contribution >= 0.6 is 11.6 Å². The molecule has 0 atom stereocenters. The number of halogens is 1. The van der Waals surface area contributed by atoms with Crippen LogP contribution in [0.1, 0.15) is 26.4 Å². The fourth-order valence-corrected chi connectivity index (χ4v) is 3.65. The molecule has 2 aromatic carbocycles. The third-order valence-corrected chi connectivity index (χ3v) is 5.17. The molecule has 0 aliphatic rings. The quantitative estimate of drug-likeness (QED) is 0.429. The fraction of sp³-hybridized carbons (Fsp3) is 0.125. The highest BCUT2D eigenvalue weighted by atomic mass is 35.5. The van der Waals surface area contributed by atoms with Crippen LogP contribution in [0.4, 0.5) is 0 Å². The van der Waals surface area contributed by atoms with Gasteiger partial charge in [0.05, 0.1) is 23.4 Å². The monoisotopic (exact) mass is 417 g/mol. The Labute approximate surface area is 179 Å². The van der Waals surface area contributed by atoms with Gasteiger partial charge in [-0.1, -0.05) is 60.1 Å². The van der Waals surface area contributed by atoms with Gasteiger partial charge >= 0.3 is 0 Å². The normalized spacial score (nSPS) is 11.2. The number of nitrogens with zero attached hydrogens (tertiary/aromatic N) is 3. The van der Waals surface area contributed by atoms with E-state index in [0.717, 1.165) is 5.56 Å². The lowest BCUT2D eigenvalue weighted by atomic mass is 10.1. The second-order valence-electron chi connectivity index (χ2n) is 7.31. The van der Waals surface area contributed by atoms with Crippen LogP contribution in [0.15, 0.2) is 73.1 Å². The molecule has 6 heteroatoms. The smallest absolute Gasteiger partial charge is 0.209 e. The van der Waals surface area contributed by atoms with Gasteiger partial charge in [0.25, 0.3) is 0 Å². The number of rotatable bonds is 6. The van der Waals surface area contributed by atoms with Crippen molar-refractivity contribution in [3.05, 3.63) is 94.9 Å². The summed E-state index contributed by atoms with van der Waals surface area (Å²) in [4.78, 5) is 32.4. The van der Waals surface area contributed by atoms with E-state index in [1.807, 2.05) is 56.6 Å². The molecule has 0 spiro atoms. The van der Waals surface area contributed by atoms with Gasteiger partial charge in [0.15, 0.2) is 5.78 Å². The summed E-state index contributed by atoms with van der Waals surface area (Å²) >= 11 is 6.34. The molecule has 2 heterocycles. The number of carbonyl (C=O) groups is 2. The van der Waals surface area contributed by atoms with Gasteiger partial charge in [0, 0.05) is 21.7 Å². The third kappa shape index (κ3) is 3.77. The lowest BCUT2D eigenvalue weighted by Gasteiger charge is -2.09. The minimum Gasteiger partial charge on any atom is -0.302 e. The van der Waals surface area contributed by atoms with Gasteiger partial charge in [-0.2, -0.15) is 0 Å². The van der Waals surface area contributed by atoms with Crippen molar-refractivity contribution >= 4 is 28.7 Å². The average Bonchev–Trinajstić information content (AvgIpc) is 3.12. The highest BCUT2D eigenvalue weighted by Gasteiger charge is 2.22. The Kier molecular flexibility index (Phi) is 5.48. The molecule has 0 aliphatic heterocycles. The Bertz CT molecular complexity index is 1250. The first-order valence-corrected chi connectivity index (χ1v) is 9.87. The second kappa shape index (κ2) is 8.22. The van der Waals surface area contributed by atoms with Crippen LogP contribution in [-0.2, 0) is 0 Å². The Morgan fingerprint density at radius 2 is 1.70 bits per heavy atom. The summed E-state index contributed by atoms with van der Waals surface area (Å²) in [7, 11) is 3.67. The van der Waals surface area contributed by atoms with Gasteiger partial charge in [-0.3, -0.25) is 14.0 Å². The zero-order chi connectivity index (χ0) is 21.3. The lowest BCUT2D eigenvalue weighted by Crippen LogP contribution is -2.21. The summed E-state index contributed by atoms with van der Waals surface area (Å²) in [6, 6.07) is 19.9. The van der Waals surface area contributed by atoms with Crippen molar-refractivity contribution in [3.8, 4) is 11.3 Å². The van der Waals surface area contributed by atoms with Crippen molar-refractivity contribution in [2.24, 2.45) is 0 Å². The van der Waals surface area contributed by atoms with E-state index >= 15 is 0 Å². The van der Waals surface area contributed by atoms with E-state index < -0.39 is 0 Å². The molecule has 0 N–H and O–H groups in total. The van der Waals surface area contributed by atoms with Crippen molar-refractivity contribution in [1.29, 1.82) is 0 Å². The van der Waals surface area contributed by atoms with Crippen LogP contribution in [0.2, 0.25) is 5.02 Å². The van der Waals surface area contributed by atoms with Gasteiger partial charge in [0.2, 0.25) is 5.78 Å². The molecule has 0 fully saturated rings. The molecular weight excluding hydrogens is 398 g/mol. The van der Waals surface area contributed by atoms with Crippen LogP contribution < -0.4 is 0 Å². The van der Waals surface area contributed by atoms with E-state index in [0.29, 0.717) is 33.1 Å². The highest BCUT2D eigenvalue weighted by Crippen LogP contribution is 2.29. The maximum atomic E-state index is 13.1. The van der Waals surface area contributed by atoms with E-state index in [1.54, 1.807) is 39.9 Å². The topological polar surface area (TPSA) is 54.7 Å². The van der Waals surface area contributed by atoms with E-state index in [9.17, 15) is 9.59 Å². The highest BCUT2D eigenvalue weighted by molar-refractivity contribution is 6.33. The summed E-state index contributed by atoms with van der Waals surface area (Å²) in [6.07, 6.45) is 1.58. The number of hydrogen-bond donors (Lipinski definition) is 0. The van der Waals surface area contributed by atoms with Crippen LogP contribution in [-0.4, -0.2) is 46.5 Å². The van der Waals surface area contributed by atoms with E-state index in [-0.39, 0.29) is 18.1 Å². The van der Waals surface area contributed by atoms with Gasteiger partial charge in [-0.15, -0.1) is 0 Å². The van der Waals surface area contributed by atoms with E-state index in [4.69, 9.17) is 11.6 Å². The molecule has 0 saturated heterocycles. The number of likely N-dealkylation sites (N-methyl/N-ethyl adjacent to an activating group) is 1. The standard InChI is InChI=1S/C24H20ClN3O2/c1-27(2)14-23(29)18-12-22(24(30)16-8-4-3-5-9-16)28-15-26-20(13-21(18)28)17-10-6-7-11-19(17)25/h3-13,15H,14H2,1-2H3. The van der Waals surface area contributed by atoms with Crippen molar-refractivity contribution in [2.45, 2.75) is 0 Å². The first-order valence-electron chi connectivity index (χ1n) is 9.49. The Hall–Kier alpha value is -3.28. The van der Waals surface area contributed by atoms with Crippen molar-refractivity contribution in [1.82, 2.24) is 14.3 Å². The van der Waals surface area contributed by atoms with Crippen LogP contribution in [0.5, 0.6) is 0 Å². The van der Waals surface area contributed by atoms with Crippen LogP contribution in [0.25, 0.3) is 16.8 Å². The van der Waals surface area contributed by atoms with Crippen molar-refractivity contribution < 1.29 is 9.59 Å². The molecule has 0 bridgehead atoms. The largest absolute Gasteiger partial charge is 0.302 e. The SMILES string of the molecule is CN(C)CC(=O)c1cc(C(=O)c2ccccc2)n2cnc(-c3ccccc3Cl)cc12. The zero-order valence-corrected chi connectivity index (χ0v) is 17.4. The molecule has 0 saturated carbocycles. The molecule has 0 unspecified atom stereocenters. The minimum atomic E-state index is -0.165. The summed E-state index contributed by atoms with van der Waals surface area (Å²) in [5, 5.41) is 0.572. The van der Waals surface area contributed by atoms with Crippen LogP contribution in [0.3, 0.4) is 0 Å². The van der Waals surface area contributed by atoms with E-state index in [2.05, 4.69) is 4.98 Å². The second-order valence-corrected chi connectivity index (χ2v) is 7.72. The number of ketones is 2. The number of carbonyl (C=O) groups excluding carboxylic acids is 2. The molecule has 30 heavy (non-hydrogen) atoms. The van der Waals surface area contributed by atoms with Crippen molar-refractivity contribution in [3.63, 3.8) is 0 Å². The van der Waals surface area contributed by atoms with Gasteiger partial charge in [0.1, 0.15) is 6.33 Å². The molecule has 0 amide bonds. The third-order valence-electron chi connectivity index (χ3n) is 4.84. The summed E-state index contributed by atoms with van der Waals surface area (Å²) in [5.41, 5.74) is 3.48. The summed E-state index contributed by atoms with van der Waals surface area (Å²) in [5.74, 6) is -0.234. The van der Waals surface area contributed by atoms with Crippen LogP contribution in [0, 0.1) is 0 Å². The predicted molar refractivity (Wildman–Crippen MR) is 118 cm³/mol. The molecule has 0 aliphatic carbocycles. The van der Waals surface area contributed by atoms with Gasteiger partial charge in [-0.05, 0) is 32.3 Å². The Balaban J connectivity index is 1.91. The summed E-state index contributed by atoms with van der Waals surface area (Å²) in [6.45, 7) is 0.238. The molecular formula is C24H20ClN3O2. The number of benzene rings is 2. The summed E-state index contributed by atoms with van der Waals surface area (Å²) < 4.78 is 1.68. The van der Waals surface area contributed by atoms with Gasteiger partial charge < -0.3 is 4.90 Å². The maximum absolute atomic E-state index is 13.1. The predicted octanol–water partition coefficient (Wildman–Crippen LogP) is 4.63. The molecule has 4 aromatic rings. The minimum absolute atomic E-state index is 0.0686. The Morgan fingerprint density at radius 1 is 1.00 bits per heavy atom. The first-order chi connectivity index (χ1) is 14.5. The number of hydrogen-bond acceptors (Lipinski definition) is 4. The molecule has 4 rings (SSSR count). The average molecular weight is 418 g/mol. The molecule has 2 aromatic heterocycles. The maximum Gasteiger partial charge on any atom is 0.209 e. The number of aromatic nitrogens is 2. The van der Waals surface area contributed by atoms with Gasteiger partial charge in [-0.25, -0.2) is 4.98 Å². The molecule has 0 radical (unpaired) electrons.